The number of nitrogens with zero attached hydrogens (tertiary/aromatic N) is 2. The quantitative estimate of drug-likeness (QED) is 0.406. The van der Waals surface area contributed by atoms with E-state index < -0.39 is 6.29 Å². The fourth-order valence-corrected chi connectivity index (χ4v) is 3.34. The average molecular weight is 431 g/mol. The van der Waals surface area contributed by atoms with E-state index in [2.05, 4.69) is 10.3 Å². The van der Waals surface area contributed by atoms with E-state index in [1.165, 1.54) is 14.2 Å². The molecule has 7 heteroatoms. The number of aromatic nitrogens is 2. The maximum Gasteiger partial charge on any atom is 0.251 e. The Morgan fingerprint density at radius 1 is 1.00 bits per heavy atom. The zero-order valence-corrected chi connectivity index (χ0v) is 18.0. The van der Waals surface area contributed by atoms with Crippen molar-refractivity contribution in [2.75, 3.05) is 20.8 Å². The lowest BCUT2D eigenvalue weighted by molar-refractivity contribution is -0.0974. The standard InChI is InChI=1S/C25H25N3O4/c1-30-24(31-2)15-26-25(29)19-8-13-23-22(14-19)27-17-28(23)20-9-11-21(12-10-20)32-16-18-6-4-3-5-7-18/h3-14,17,24H,15-16H2,1-2H3,(H,26,29). The number of imidazole rings is 1. The van der Waals surface area contributed by atoms with Gasteiger partial charge in [0.2, 0.25) is 0 Å². The van der Waals surface area contributed by atoms with E-state index in [1.54, 1.807) is 18.5 Å². The molecule has 3 aromatic carbocycles. The topological polar surface area (TPSA) is 74.6 Å². The van der Waals surface area contributed by atoms with E-state index in [-0.39, 0.29) is 12.5 Å². The third-order valence-electron chi connectivity index (χ3n) is 5.13. The summed E-state index contributed by atoms with van der Waals surface area (Å²) in [6.07, 6.45) is 1.26. The third kappa shape index (κ3) is 4.96. The van der Waals surface area contributed by atoms with Crippen LogP contribution < -0.4 is 10.1 Å². The highest BCUT2D eigenvalue weighted by atomic mass is 16.7. The van der Waals surface area contributed by atoms with Crippen molar-refractivity contribution in [1.82, 2.24) is 14.9 Å². The average Bonchev–Trinajstić information content (AvgIpc) is 3.27. The van der Waals surface area contributed by atoms with Crippen molar-refractivity contribution in [1.29, 1.82) is 0 Å². The van der Waals surface area contributed by atoms with Crippen molar-refractivity contribution in [2.45, 2.75) is 12.9 Å². The van der Waals surface area contributed by atoms with Crippen molar-refractivity contribution in [3.8, 4) is 11.4 Å². The van der Waals surface area contributed by atoms with E-state index in [0.717, 1.165) is 28.0 Å². The van der Waals surface area contributed by atoms with Gasteiger partial charge in [0.25, 0.3) is 5.91 Å². The Kier molecular flexibility index (Phi) is 6.79. The van der Waals surface area contributed by atoms with Crippen molar-refractivity contribution < 1.29 is 19.0 Å². The monoisotopic (exact) mass is 431 g/mol. The first kappa shape index (κ1) is 21.5. The summed E-state index contributed by atoms with van der Waals surface area (Å²) < 4.78 is 18.0. The lowest BCUT2D eigenvalue weighted by atomic mass is 10.2. The van der Waals surface area contributed by atoms with Crippen LogP contribution >= 0.6 is 0 Å². The number of methoxy groups -OCH3 is 2. The van der Waals surface area contributed by atoms with E-state index in [4.69, 9.17) is 14.2 Å². The normalized spacial score (nSPS) is 11.1. The maximum atomic E-state index is 12.4. The Morgan fingerprint density at radius 2 is 1.75 bits per heavy atom. The van der Waals surface area contributed by atoms with Gasteiger partial charge in [0.1, 0.15) is 18.7 Å². The molecule has 0 radical (unpaired) electrons. The minimum Gasteiger partial charge on any atom is -0.489 e. The number of carbonyl (C=O) groups excluding carboxylic acids is 1. The summed E-state index contributed by atoms with van der Waals surface area (Å²) in [4.78, 5) is 16.9. The van der Waals surface area contributed by atoms with Gasteiger partial charge in [-0.1, -0.05) is 30.3 Å². The molecule has 1 aromatic heterocycles. The molecule has 1 amide bonds. The molecule has 0 aliphatic rings. The smallest absolute Gasteiger partial charge is 0.251 e. The minimum absolute atomic E-state index is 0.208. The van der Waals surface area contributed by atoms with Gasteiger partial charge < -0.3 is 19.5 Å². The molecule has 0 bridgehead atoms. The fourth-order valence-electron chi connectivity index (χ4n) is 3.34. The lowest BCUT2D eigenvalue weighted by Crippen LogP contribution is -2.34. The SMILES string of the molecule is COC(CNC(=O)c1ccc2c(c1)ncn2-c1ccc(OCc2ccccc2)cc1)OC. The molecule has 0 spiro atoms. The van der Waals surface area contributed by atoms with Crippen LogP contribution in [0.25, 0.3) is 16.7 Å². The van der Waals surface area contributed by atoms with Crippen molar-refractivity contribution in [3.05, 3.63) is 90.3 Å². The predicted molar refractivity (Wildman–Crippen MR) is 122 cm³/mol. The number of ether oxygens (including phenoxy) is 3. The number of hydrogen-bond donors (Lipinski definition) is 1. The number of carbonyl (C=O) groups is 1. The number of hydrogen-bond acceptors (Lipinski definition) is 5. The van der Waals surface area contributed by atoms with Crippen LogP contribution in [0.1, 0.15) is 15.9 Å². The molecule has 0 saturated heterocycles. The lowest BCUT2D eigenvalue weighted by Gasteiger charge is -2.14. The minimum atomic E-state index is -0.485. The Bertz CT molecular complexity index is 1170. The van der Waals surface area contributed by atoms with Crippen LogP contribution in [0.4, 0.5) is 0 Å². The predicted octanol–water partition coefficient (Wildman–Crippen LogP) is 3.95. The Morgan fingerprint density at radius 3 is 2.47 bits per heavy atom. The van der Waals surface area contributed by atoms with Gasteiger partial charge in [-0.05, 0) is 48.0 Å². The summed E-state index contributed by atoms with van der Waals surface area (Å²) in [5.74, 6) is 0.590. The molecule has 0 aliphatic carbocycles. The van der Waals surface area contributed by atoms with E-state index in [9.17, 15) is 4.79 Å². The van der Waals surface area contributed by atoms with Crippen molar-refractivity contribution >= 4 is 16.9 Å². The Balaban J connectivity index is 1.45. The molecule has 1 heterocycles. The van der Waals surface area contributed by atoms with Gasteiger partial charge in [-0.25, -0.2) is 4.98 Å². The molecule has 0 atom stereocenters. The summed E-state index contributed by atoms with van der Waals surface area (Å²) in [7, 11) is 3.06. The van der Waals surface area contributed by atoms with Gasteiger partial charge >= 0.3 is 0 Å². The summed E-state index contributed by atoms with van der Waals surface area (Å²) in [5.41, 5.74) is 4.25. The Hall–Kier alpha value is -3.68. The van der Waals surface area contributed by atoms with Crippen molar-refractivity contribution in [2.24, 2.45) is 0 Å². The fraction of sp³-hybridized carbons (Fsp3) is 0.200. The van der Waals surface area contributed by atoms with Crippen LogP contribution in [0.5, 0.6) is 5.75 Å². The number of amides is 1. The highest BCUT2D eigenvalue weighted by Crippen LogP contribution is 2.22. The first-order valence-electron chi connectivity index (χ1n) is 10.3. The summed E-state index contributed by atoms with van der Waals surface area (Å²) in [6.45, 7) is 0.783. The van der Waals surface area contributed by atoms with Crippen LogP contribution in [-0.4, -0.2) is 42.5 Å². The summed E-state index contributed by atoms with van der Waals surface area (Å²) in [5, 5.41) is 2.80. The molecule has 7 nitrogen and oxygen atoms in total. The molecule has 0 aliphatic heterocycles. The zero-order chi connectivity index (χ0) is 22.3. The molecule has 1 N–H and O–H groups in total. The molecule has 4 aromatic rings. The van der Waals surface area contributed by atoms with Gasteiger partial charge in [-0.3, -0.25) is 9.36 Å². The Labute approximate surface area is 186 Å². The molecule has 0 fully saturated rings. The van der Waals surface area contributed by atoms with Crippen LogP contribution in [-0.2, 0) is 16.1 Å². The van der Waals surface area contributed by atoms with Gasteiger partial charge in [0.05, 0.1) is 17.6 Å². The largest absolute Gasteiger partial charge is 0.489 e. The summed E-state index contributed by atoms with van der Waals surface area (Å²) >= 11 is 0. The van der Waals surface area contributed by atoms with Crippen molar-refractivity contribution in [3.63, 3.8) is 0 Å². The second-order valence-corrected chi connectivity index (χ2v) is 7.20. The molecular formula is C25H25N3O4. The number of benzene rings is 3. The van der Waals surface area contributed by atoms with Gasteiger partial charge in [-0.2, -0.15) is 0 Å². The number of fused-ring (bicyclic) bond motifs is 1. The number of rotatable bonds is 9. The second-order valence-electron chi connectivity index (χ2n) is 7.20. The zero-order valence-electron chi connectivity index (χ0n) is 18.0. The molecule has 0 saturated carbocycles. The van der Waals surface area contributed by atoms with E-state index >= 15 is 0 Å². The summed E-state index contributed by atoms with van der Waals surface area (Å²) in [6, 6.07) is 23.3. The third-order valence-corrected chi connectivity index (χ3v) is 5.13. The first-order chi connectivity index (χ1) is 15.7. The number of nitrogens with one attached hydrogen (secondary N) is 1. The molecule has 0 unspecified atom stereocenters. The second kappa shape index (κ2) is 10.1. The van der Waals surface area contributed by atoms with Crippen LogP contribution in [0.2, 0.25) is 0 Å². The molecule has 4 rings (SSSR count). The maximum absolute atomic E-state index is 12.4. The van der Waals surface area contributed by atoms with Gasteiger partial charge in [-0.15, -0.1) is 0 Å². The molecule has 164 valence electrons. The molecule has 32 heavy (non-hydrogen) atoms. The molecular weight excluding hydrogens is 406 g/mol. The first-order valence-corrected chi connectivity index (χ1v) is 10.3. The van der Waals surface area contributed by atoms with E-state index in [1.807, 2.05) is 65.2 Å². The van der Waals surface area contributed by atoms with Gasteiger partial charge in [0.15, 0.2) is 6.29 Å². The highest BCUT2D eigenvalue weighted by Gasteiger charge is 2.12. The van der Waals surface area contributed by atoms with Crippen LogP contribution in [0.3, 0.4) is 0 Å². The highest BCUT2D eigenvalue weighted by molar-refractivity contribution is 5.97. The van der Waals surface area contributed by atoms with Gasteiger partial charge in [0, 0.05) is 25.5 Å². The van der Waals surface area contributed by atoms with Crippen LogP contribution in [0.15, 0.2) is 79.1 Å². The van der Waals surface area contributed by atoms with Crippen LogP contribution in [0, 0.1) is 0 Å². The van der Waals surface area contributed by atoms with E-state index in [0.29, 0.717) is 12.2 Å².